The predicted molar refractivity (Wildman–Crippen MR) is 32.5 cm³/mol. The molecule has 0 radical (unpaired) electrons. The van der Waals surface area contributed by atoms with Gasteiger partial charge in [0.1, 0.15) is 20.4 Å². The maximum absolute atomic E-state index is 8.00. The van der Waals surface area contributed by atoms with Crippen LogP contribution in [0, 0.1) is 0 Å². The summed E-state index contributed by atoms with van der Waals surface area (Å²) in [6, 6.07) is 0. The van der Waals surface area contributed by atoms with E-state index in [-0.39, 0.29) is 26.4 Å². The third kappa shape index (κ3) is 32700. The van der Waals surface area contributed by atoms with Crippen LogP contribution in [0.1, 0.15) is 0 Å². The van der Waals surface area contributed by atoms with Gasteiger partial charge >= 0.3 is 0 Å². The first-order valence-electron chi connectivity index (χ1n) is 0.866. The Hall–Kier alpha value is -0.0665. The van der Waals surface area contributed by atoms with Gasteiger partial charge in [-0.25, -0.2) is 0 Å². The first kappa shape index (κ1) is 44.3. The molecule has 8 heavy (non-hydrogen) atoms. The van der Waals surface area contributed by atoms with Crippen molar-refractivity contribution in [3.63, 3.8) is 0 Å². The van der Waals surface area contributed by atoms with Crippen LogP contribution in [-0.2, 0) is 30.9 Å². The van der Waals surface area contributed by atoms with Crippen molar-refractivity contribution in [3.05, 3.63) is 0 Å². The molecule has 0 saturated heterocycles. The minimum atomic E-state index is 0. The van der Waals surface area contributed by atoms with Crippen LogP contribution in [0.4, 0.5) is 0 Å². The van der Waals surface area contributed by atoms with Crippen molar-refractivity contribution in [2.75, 3.05) is 0 Å². The summed E-state index contributed by atoms with van der Waals surface area (Å²) in [6.45, 7) is 6.00. The van der Waals surface area contributed by atoms with Crippen molar-refractivity contribution in [1.29, 1.82) is 0 Å². The Labute approximate surface area is 61.8 Å². The van der Waals surface area contributed by atoms with Gasteiger partial charge in [-0.05, 0) is 0 Å². The predicted octanol–water partition coefficient (Wildman–Crippen LogP) is -0.499. The molecule has 0 bridgehead atoms. The number of carbonyl (C=O) groups is 3. The fraction of sp³-hybridized carbons (Fsp3) is 0. The quantitative estimate of drug-likeness (QED) is 0.375. The molecule has 0 aromatic rings. The summed E-state index contributed by atoms with van der Waals surface area (Å²) in [5.74, 6) is 0. The molecule has 0 spiro atoms. The first-order valence-corrected chi connectivity index (χ1v) is 0.866. The van der Waals surface area contributed by atoms with Gasteiger partial charge in [0.25, 0.3) is 0 Å². The molecule has 1 atom stereocenters. The van der Waals surface area contributed by atoms with Crippen molar-refractivity contribution in [3.8, 4) is 0 Å². The Bertz CT molecular complexity index is 19.2. The van der Waals surface area contributed by atoms with Gasteiger partial charge in [0.2, 0.25) is 0 Å². The van der Waals surface area contributed by atoms with Crippen LogP contribution in [-0.4, -0.2) is 20.4 Å². The van der Waals surface area contributed by atoms with Gasteiger partial charge < -0.3 is 14.4 Å². The summed E-state index contributed by atoms with van der Waals surface area (Å²) in [5.41, 5.74) is 0. The average Bonchev–Trinajstić information content (AvgIpc) is 1.81. The molecule has 0 heterocycles. The van der Waals surface area contributed by atoms with Crippen LogP contribution in [0.25, 0.3) is 0 Å². The Balaban J connectivity index is -0.00000000500. The molecule has 3 nitrogen and oxygen atoms in total. The molecule has 0 aliphatic carbocycles. The Morgan fingerprint density at radius 3 is 0.625 bits per heavy atom. The van der Waals surface area contributed by atoms with Gasteiger partial charge in [-0.3, -0.25) is 0 Å². The summed E-state index contributed by atoms with van der Waals surface area (Å²) < 4.78 is 0. The van der Waals surface area contributed by atoms with E-state index in [1.807, 2.05) is 20.4 Å². The van der Waals surface area contributed by atoms with E-state index in [0.717, 1.165) is 0 Å². The molecule has 0 amide bonds. The second kappa shape index (κ2) is 55200. The van der Waals surface area contributed by atoms with Gasteiger partial charge in [-0.2, -0.15) is 9.90 Å². The zero-order chi connectivity index (χ0) is 6.00. The van der Waals surface area contributed by atoms with Crippen LogP contribution in [0.2, 0.25) is 0 Å². The molecular formula is C3H9NiO3P. The maximum Gasteiger partial charge on any atom is 0.106 e. The molecule has 0 aliphatic rings. The third-order valence-electron chi connectivity index (χ3n) is 0. The van der Waals surface area contributed by atoms with Crippen molar-refractivity contribution >= 4 is 30.3 Å². The van der Waals surface area contributed by atoms with Gasteiger partial charge in [0.15, 0.2) is 0 Å². The maximum atomic E-state index is 8.00. The smallest absolute Gasteiger partial charge is 0.106 e. The Kier molecular flexibility index (Phi) is 306000. The molecule has 0 saturated carbocycles. The van der Waals surface area contributed by atoms with Crippen LogP contribution in [0.5, 0.6) is 0 Å². The minimum absolute atomic E-state index is 0. The molecule has 5 heteroatoms. The summed E-state index contributed by atoms with van der Waals surface area (Å²) in [5, 5.41) is 0. The zero-order valence-corrected chi connectivity index (χ0v) is 6.77. The van der Waals surface area contributed by atoms with E-state index in [9.17, 15) is 0 Å². The molecular weight excluding hydrogens is 174 g/mol. The second-order valence-electron chi connectivity index (χ2n) is 0. The average molecular weight is 183 g/mol. The minimum Gasteiger partial charge on any atom is -0.307 e. The van der Waals surface area contributed by atoms with E-state index in [0.29, 0.717) is 0 Å². The summed E-state index contributed by atoms with van der Waals surface area (Å²) in [4.78, 5) is 24.0. The van der Waals surface area contributed by atoms with Crippen LogP contribution < -0.4 is 0 Å². The molecule has 0 fully saturated rings. The van der Waals surface area contributed by atoms with E-state index in [1.54, 1.807) is 0 Å². The van der Waals surface area contributed by atoms with E-state index >= 15 is 0 Å². The van der Waals surface area contributed by atoms with Crippen LogP contribution in [0.3, 0.4) is 0 Å². The van der Waals surface area contributed by atoms with Gasteiger partial charge in [-0.1, -0.05) is 0 Å². The number of hydrogen-bond donors (Lipinski definition) is 0. The zero-order valence-electron chi connectivity index (χ0n) is 4.37. The van der Waals surface area contributed by atoms with E-state index < -0.39 is 0 Å². The van der Waals surface area contributed by atoms with Crippen molar-refractivity contribution in [1.82, 2.24) is 0 Å². The SMILES string of the molecule is C=O.C=O.C=O.P.[Ni]. The molecule has 54 valence electrons. The summed E-state index contributed by atoms with van der Waals surface area (Å²) in [7, 11) is 0. The molecule has 0 aromatic heterocycles. The monoisotopic (exact) mass is 182 g/mol. The largest absolute Gasteiger partial charge is 0.307 e. The first-order chi connectivity index (χ1) is 3.00. The van der Waals surface area contributed by atoms with Crippen LogP contribution >= 0.6 is 9.90 Å². The molecule has 0 N–H and O–H groups in total. The number of carbonyl (C=O) groups excluding carboxylic acids is 3. The van der Waals surface area contributed by atoms with Gasteiger partial charge in [0.05, 0.1) is 0 Å². The third-order valence-corrected chi connectivity index (χ3v) is 0. The van der Waals surface area contributed by atoms with Crippen molar-refractivity contribution in [2.24, 2.45) is 0 Å². The Morgan fingerprint density at radius 2 is 0.625 bits per heavy atom. The summed E-state index contributed by atoms with van der Waals surface area (Å²) in [6.07, 6.45) is 0. The number of rotatable bonds is 0. The van der Waals surface area contributed by atoms with Crippen molar-refractivity contribution in [2.45, 2.75) is 0 Å². The standard InChI is InChI=1S/3CH2O.Ni.H3P/c3*1-2;;/h3*1H2;;1H3. The van der Waals surface area contributed by atoms with E-state index in [2.05, 4.69) is 0 Å². The van der Waals surface area contributed by atoms with Gasteiger partial charge in [-0.15, -0.1) is 0 Å². The molecule has 1 unspecified atom stereocenters. The summed E-state index contributed by atoms with van der Waals surface area (Å²) >= 11 is 0. The fourth-order valence-corrected chi connectivity index (χ4v) is 0. The van der Waals surface area contributed by atoms with Crippen LogP contribution in [0.15, 0.2) is 0 Å². The molecule has 0 aromatic carbocycles. The normalized spacial score (nSPS) is 1.50. The van der Waals surface area contributed by atoms with E-state index in [4.69, 9.17) is 14.4 Å². The number of hydrogen-bond acceptors (Lipinski definition) is 3. The topological polar surface area (TPSA) is 51.2 Å². The Morgan fingerprint density at radius 1 is 0.625 bits per heavy atom. The van der Waals surface area contributed by atoms with Crippen molar-refractivity contribution < 1.29 is 30.9 Å². The second-order valence-corrected chi connectivity index (χ2v) is 0. The fourth-order valence-electron chi connectivity index (χ4n) is 0. The van der Waals surface area contributed by atoms with Gasteiger partial charge in [0, 0.05) is 16.5 Å². The van der Waals surface area contributed by atoms with E-state index in [1.165, 1.54) is 0 Å². The molecule has 0 aliphatic heterocycles. The molecule has 0 rings (SSSR count).